The standard InChI is InChI=1S/C15H21ClIN/c1-9-5-10(2)7-11(6-9)15(18)13-8-12(16)3-4-14(13)17/h3-4,8-11,15H,5-7,18H2,1-2H3. The van der Waals surface area contributed by atoms with Gasteiger partial charge in [0.15, 0.2) is 0 Å². The van der Waals surface area contributed by atoms with Crippen LogP contribution in [0.2, 0.25) is 5.02 Å². The normalized spacial score (nSPS) is 30.2. The Labute approximate surface area is 129 Å². The van der Waals surface area contributed by atoms with Crippen molar-refractivity contribution >= 4 is 34.2 Å². The summed E-state index contributed by atoms with van der Waals surface area (Å²) in [5.41, 5.74) is 7.72. The molecule has 0 aromatic heterocycles. The summed E-state index contributed by atoms with van der Waals surface area (Å²) in [5, 5.41) is 0.790. The third kappa shape index (κ3) is 3.40. The molecule has 1 fully saturated rings. The predicted octanol–water partition coefficient (Wildman–Crippen LogP) is 5.02. The van der Waals surface area contributed by atoms with Gasteiger partial charge in [-0.3, -0.25) is 0 Å². The van der Waals surface area contributed by atoms with Gasteiger partial charge < -0.3 is 5.73 Å². The first-order chi connectivity index (χ1) is 8.47. The summed E-state index contributed by atoms with van der Waals surface area (Å²) in [4.78, 5) is 0. The van der Waals surface area contributed by atoms with Crippen LogP contribution in [0.5, 0.6) is 0 Å². The van der Waals surface area contributed by atoms with Crippen LogP contribution in [-0.2, 0) is 0 Å². The van der Waals surface area contributed by atoms with E-state index < -0.39 is 0 Å². The van der Waals surface area contributed by atoms with E-state index in [0.29, 0.717) is 5.92 Å². The van der Waals surface area contributed by atoms with Crippen molar-refractivity contribution in [2.45, 2.75) is 39.2 Å². The average molecular weight is 378 g/mol. The second-order valence-corrected chi connectivity index (χ2v) is 7.47. The number of rotatable bonds is 2. The first kappa shape index (κ1) is 14.6. The second kappa shape index (κ2) is 6.10. The fourth-order valence-corrected chi connectivity index (χ4v) is 4.20. The van der Waals surface area contributed by atoms with Crippen LogP contribution in [0.3, 0.4) is 0 Å². The average Bonchev–Trinajstić information content (AvgIpc) is 2.30. The molecule has 1 aromatic carbocycles. The van der Waals surface area contributed by atoms with Crippen molar-refractivity contribution in [2.24, 2.45) is 23.5 Å². The van der Waals surface area contributed by atoms with E-state index in [4.69, 9.17) is 17.3 Å². The molecule has 0 heterocycles. The molecule has 1 saturated carbocycles. The van der Waals surface area contributed by atoms with E-state index in [-0.39, 0.29) is 6.04 Å². The molecule has 1 aliphatic carbocycles. The lowest BCUT2D eigenvalue weighted by molar-refractivity contribution is 0.193. The van der Waals surface area contributed by atoms with Crippen molar-refractivity contribution in [1.82, 2.24) is 0 Å². The van der Waals surface area contributed by atoms with Crippen molar-refractivity contribution in [1.29, 1.82) is 0 Å². The van der Waals surface area contributed by atoms with Crippen LogP contribution in [0.25, 0.3) is 0 Å². The maximum Gasteiger partial charge on any atom is 0.0410 e. The Kier molecular flexibility index (Phi) is 4.95. The third-order valence-corrected chi connectivity index (χ3v) is 5.26. The number of benzene rings is 1. The smallest absolute Gasteiger partial charge is 0.0410 e. The number of hydrogen-bond acceptors (Lipinski definition) is 1. The van der Waals surface area contributed by atoms with E-state index >= 15 is 0 Å². The molecule has 2 rings (SSSR count). The van der Waals surface area contributed by atoms with Crippen molar-refractivity contribution in [3.05, 3.63) is 32.4 Å². The predicted molar refractivity (Wildman–Crippen MR) is 86.8 cm³/mol. The topological polar surface area (TPSA) is 26.0 Å². The summed E-state index contributed by atoms with van der Waals surface area (Å²) in [6.07, 6.45) is 3.83. The maximum absolute atomic E-state index is 6.50. The van der Waals surface area contributed by atoms with E-state index in [1.165, 1.54) is 28.4 Å². The Morgan fingerprint density at radius 2 is 1.83 bits per heavy atom. The van der Waals surface area contributed by atoms with Gasteiger partial charge in [0, 0.05) is 14.6 Å². The Bertz CT molecular complexity index is 411. The van der Waals surface area contributed by atoms with Gasteiger partial charge >= 0.3 is 0 Å². The molecule has 100 valence electrons. The minimum atomic E-state index is 0.126. The van der Waals surface area contributed by atoms with E-state index in [9.17, 15) is 0 Å². The third-order valence-electron chi connectivity index (χ3n) is 4.04. The van der Waals surface area contributed by atoms with Crippen LogP contribution in [0.1, 0.15) is 44.7 Å². The van der Waals surface area contributed by atoms with Gasteiger partial charge in [-0.2, -0.15) is 0 Å². The molecule has 1 aliphatic rings. The number of hydrogen-bond donors (Lipinski definition) is 1. The first-order valence-corrected chi connectivity index (χ1v) is 8.13. The summed E-state index contributed by atoms with van der Waals surface area (Å²) in [6.45, 7) is 4.69. The summed E-state index contributed by atoms with van der Waals surface area (Å²) in [6, 6.07) is 6.16. The molecular weight excluding hydrogens is 357 g/mol. The fraction of sp³-hybridized carbons (Fsp3) is 0.600. The molecule has 0 amide bonds. The lowest BCUT2D eigenvalue weighted by atomic mass is 9.73. The summed E-state index contributed by atoms with van der Waals surface area (Å²) in [7, 11) is 0. The molecule has 0 saturated heterocycles. The van der Waals surface area contributed by atoms with Crippen LogP contribution < -0.4 is 5.73 Å². The van der Waals surface area contributed by atoms with Crippen LogP contribution in [-0.4, -0.2) is 0 Å². The summed E-state index contributed by atoms with van der Waals surface area (Å²) < 4.78 is 1.23. The maximum atomic E-state index is 6.50. The Morgan fingerprint density at radius 1 is 1.22 bits per heavy atom. The van der Waals surface area contributed by atoms with Crippen LogP contribution in [0, 0.1) is 21.3 Å². The molecule has 3 atom stereocenters. The SMILES string of the molecule is CC1CC(C)CC(C(N)c2cc(Cl)ccc2I)C1. The minimum absolute atomic E-state index is 0.126. The van der Waals surface area contributed by atoms with Crippen molar-refractivity contribution in [3.63, 3.8) is 0 Å². The molecule has 3 unspecified atom stereocenters. The Balaban J connectivity index is 2.19. The molecule has 1 nitrogen and oxygen atoms in total. The highest BCUT2D eigenvalue weighted by atomic mass is 127. The Morgan fingerprint density at radius 3 is 2.44 bits per heavy atom. The van der Waals surface area contributed by atoms with E-state index in [1.54, 1.807) is 0 Å². The summed E-state index contributed by atoms with van der Waals surface area (Å²) in [5.74, 6) is 2.18. The van der Waals surface area contributed by atoms with Crippen molar-refractivity contribution in [3.8, 4) is 0 Å². The highest BCUT2D eigenvalue weighted by Gasteiger charge is 2.29. The Hall–Kier alpha value is 0.200. The van der Waals surface area contributed by atoms with Crippen LogP contribution >= 0.6 is 34.2 Å². The van der Waals surface area contributed by atoms with Crippen LogP contribution in [0.15, 0.2) is 18.2 Å². The fourth-order valence-electron chi connectivity index (χ4n) is 3.33. The van der Waals surface area contributed by atoms with E-state index in [0.717, 1.165) is 16.9 Å². The largest absolute Gasteiger partial charge is 0.324 e. The lowest BCUT2D eigenvalue weighted by Crippen LogP contribution is -2.29. The molecule has 18 heavy (non-hydrogen) atoms. The molecule has 0 radical (unpaired) electrons. The van der Waals surface area contributed by atoms with Crippen molar-refractivity contribution < 1.29 is 0 Å². The monoisotopic (exact) mass is 377 g/mol. The molecule has 0 spiro atoms. The first-order valence-electron chi connectivity index (χ1n) is 6.68. The van der Waals surface area contributed by atoms with E-state index in [2.05, 4.69) is 42.5 Å². The molecule has 0 bridgehead atoms. The molecule has 2 N–H and O–H groups in total. The molecule has 3 heteroatoms. The lowest BCUT2D eigenvalue weighted by Gasteiger charge is -2.35. The molecule has 0 aliphatic heterocycles. The zero-order valence-electron chi connectivity index (χ0n) is 11.0. The summed E-state index contributed by atoms with van der Waals surface area (Å²) >= 11 is 8.46. The van der Waals surface area contributed by atoms with Crippen LogP contribution in [0.4, 0.5) is 0 Å². The van der Waals surface area contributed by atoms with Gasteiger partial charge in [-0.25, -0.2) is 0 Å². The van der Waals surface area contributed by atoms with Gasteiger partial charge in [0.2, 0.25) is 0 Å². The van der Waals surface area contributed by atoms with Gasteiger partial charge in [0.1, 0.15) is 0 Å². The van der Waals surface area contributed by atoms with Gasteiger partial charge in [-0.05, 0) is 83.4 Å². The van der Waals surface area contributed by atoms with E-state index in [1.807, 2.05) is 12.1 Å². The highest BCUT2D eigenvalue weighted by molar-refractivity contribution is 14.1. The van der Waals surface area contributed by atoms with Gasteiger partial charge in [0.05, 0.1) is 0 Å². The van der Waals surface area contributed by atoms with Gasteiger partial charge in [-0.1, -0.05) is 25.4 Å². The minimum Gasteiger partial charge on any atom is -0.324 e. The highest BCUT2D eigenvalue weighted by Crippen LogP contribution is 2.40. The van der Waals surface area contributed by atoms with Gasteiger partial charge in [-0.15, -0.1) is 0 Å². The molecular formula is C15H21ClIN. The quantitative estimate of drug-likeness (QED) is 0.720. The molecule has 1 aromatic rings. The number of nitrogens with two attached hydrogens (primary N) is 1. The zero-order valence-corrected chi connectivity index (χ0v) is 13.9. The van der Waals surface area contributed by atoms with Gasteiger partial charge in [0.25, 0.3) is 0 Å². The van der Waals surface area contributed by atoms with Crippen molar-refractivity contribution in [2.75, 3.05) is 0 Å². The second-order valence-electron chi connectivity index (χ2n) is 5.87. The zero-order chi connectivity index (χ0) is 13.3. The number of halogens is 2.